The van der Waals surface area contributed by atoms with Crippen LogP contribution < -0.4 is 0 Å². The Morgan fingerprint density at radius 3 is 2.83 bits per heavy atom. The van der Waals surface area contributed by atoms with Crippen molar-refractivity contribution in [1.82, 2.24) is 0 Å². The Labute approximate surface area is 80.3 Å². The van der Waals surface area contributed by atoms with Crippen molar-refractivity contribution in [3.05, 3.63) is 23.8 Å². The molecule has 0 fully saturated rings. The molecule has 1 aliphatic carbocycles. The van der Waals surface area contributed by atoms with Gasteiger partial charge in [0.1, 0.15) is 0 Å². The molecule has 1 rings (SSSR count). The molecule has 0 amide bonds. The van der Waals surface area contributed by atoms with Crippen LogP contribution in [0.25, 0.3) is 0 Å². The van der Waals surface area contributed by atoms with E-state index in [4.69, 9.17) is 11.6 Å². The van der Waals surface area contributed by atoms with Crippen molar-refractivity contribution in [3.8, 4) is 0 Å². The van der Waals surface area contributed by atoms with Crippen LogP contribution in [0, 0.1) is 5.41 Å². The quantitative estimate of drug-likeness (QED) is 0.571. The molecule has 0 bridgehead atoms. The van der Waals surface area contributed by atoms with Crippen LogP contribution in [0.3, 0.4) is 0 Å². The third-order valence-electron chi connectivity index (χ3n) is 2.59. The van der Waals surface area contributed by atoms with Crippen molar-refractivity contribution in [1.29, 1.82) is 0 Å². The summed E-state index contributed by atoms with van der Waals surface area (Å²) < 4.78 is 0. The smallest absolute Gasteiger partial charge is 0.0424 e. The summed E-state index contributed by atoms with van der Waals surface area (Å²) in [6.45, 7) is 6.55. The Balaban J connectivity index is 2.75. The van der Waals surface area contributed by atoms with Crippen LogP contribution in [0.5, 0.6) is 0 Å². The Morgan fingerprint density at radius 2 is 2.33 bits per heavy atom. The molecule has 0 saturated heterocycles. The molecule has 0 aliphatic heterocycles. The minimum absolute atomic E-state index is 0.176. The van der Waals surface area contributed by atoms with Crippen molar-refractivity contribution in [2.24, 2.45) is 5.41 Å². The molecule has 1 aliphatic rings. The van der Waals surface area contributed by atoms with E-state index in [1.54, 1.807) is 0 Å². The number of halogens is 1. The van der Waals surface area contributed by atoms with Crippen molar-refractivity contribution >= 4 is 11.6 Å². The first kappa shape index (κ1) is 9.85. The first-order valence-electron chi connectivity index (χ1n) is 4.57. The lowest BCUT2D eigenvalue weighted by Crippen LogP contribution is -2.27. The van der Waals surface area contributed by atoms with Crippen LogP contribution in [0.15, 0.2) is 23.8 Å². The average Bonchev–Trinajstić information content (AvgIpc) is 2.02. The van der Waals surface area contributed by atoms with Crippen LogP contribution in [-0.2, 0) is 0 Å². The summed E-state index contributed by atoms with van der Waals surface area (Å²) in [4.78, 5) is 0. The van der Waals surface area contributed by atoms with Gasteiger partial charge in [-0.3, -0.25) is 0 Å². The Kier molecular flexibility index (Phi) is 3.00. The summed E-state index contributed by atoms with van der Waals surface area (Å²) in [7, 11) is 0. The topological polar surface area (TPSA) is 0 Å². The highest BCUT2D eigenvalue weighted by atomic mass is 35.5. The van der Waals surface area contributed by atoms with E-state index in [2.05, 4.69) is 39.0 Å². The first-order valence-corrected chi connectivity index (χ1v) is 5.01. The lowest BCUT2D eigenvalue weighted by molar-refractivity contribution is 0.387. The fraction of sp³-hybridized carbons (Fsp3) is 0.636. The predicted octanol–water partition coefficient (Wildman–Crippen LogP) is 3.92. The SMILES string of the molecule is CC[C@H](Cl)[C@]1(C)C=CC=C(C)C1. The molecule has 2 atom stereocenters. The Bertz CT molecular complexity index is 215. The molecule has 0 spiro atoms. The standard InChI is InChI=1S/C11H17Cl/c1-4-10(12)11(3)7-5-6-9(2)8-11/h5-7,10H,4,8H2,1-3H3/t10-,11+/m0/s1. The minimum atomic E-state index is 0.176. The number of allylic oxidation sites excluding steroid dienone is 4. The molecule has 0 N–H and O–H groups in total. The highest BCUT2D eigenvalue weighted by molar-refractivity contribution is 6.21. The van der Waals surface area contributed by atoms with Gasteiger partial charge in [0.05, 0.1) is 0 Å². The van der Waals surface area contributed by atoms with E-state index < -0.39 is 0 Å². The molecule has 0 saturated carbocycles. The summed E-state index contributed by atoms with van der Waals surface area (Å²) in [5, 5.41) is 0.261. The lowest BCUT2D eigenvalue weighted by atomic mass is 9.77. The van der Waals surface area contributed by atoms with E-state index in [-0.39, 0.29) is 10.8 Å². The first-order chi connectivity index (χ1) is 5.58. The highest BCUT2D eigenvalue weighted by Crippen LogP contribution is 2.38. The molecule has 0 aromatic rings. The van der Waals surface area contributed by atoms with Crippen molar-refractivity contribution in [2.45, 2.75) is 39.0 Å². The maximum absolute atomic E-state index is 6.27. The number of hydrogen-bond donors (Lipinski definition) is 0. The molecular weight excluding hydrogens is 168 g/mol. The molecule has 0 nitrogen and oxygen atoms in total. The molecule has 68 valence electrons. The number of alkyl halides is 1. The molecule has 0 aromatic carbocycles. The van der Waals surface area contributed by atoms with Gasteiger partial charge in [-0.05, 0) is 19.8 Å². The van der Waals surface area contributed by atoms with E-state index in [9.17, 15) is 0 Å². The van der Waals surface area contributed by atoms with Crippen LogP contribution >= 0.6 is 11.6 Å². The third-order valence-corrected chi connectivity index (χ3v) is 3.40. The second-order valence-corrected chi connectivity index (χ2v) is 4.46. The second kappa shape index (κ2) is 3.66. The molecule has 0 heterocycles. The van der Waals surface area contributed by atoms with Crippen LogP contribution in [-0.4, -0.2) is 5.38 Å². The van der Waals surface area contributed by atoms with Crippen LogP contribution in [0.1, 0.15) is 33.6 Å². The average molecular weight is 185 g/mol. The van der Waals surface area contributed by atoms with Gasteiger partial charge < -0.3 is 0 Å². The fourth-order valence-corrected chi connectivity index (χ4v) is 1.98. The Morgan fingerprint density at radius 1 is 1.67 bits per heavy atom. The van der Waals surface area contributed by atoms with Crippen molar-refractivity contribution in [2.75, 3.05) is 0 Å². The van der Waals surface area contributed by atoms with E-state index in [1.807, 2.05) is 0 Å². The van der Waals surface area contributed by atoms with E-state index in [0.717, 1.165) is 12.8 Å². The van der Waals surface area contributed by atoms with Gasteiger partial charge in [-0.25, -0.2) is 0 Å². The van der Waals surface area contributed by atoms with Gasteiger partial charge in [-0.2, -0.15) is 0 Å². The molecule has 12 heavy (non-hydrogen) atoms. The molecule has 0 aromatic heterocycles. The predicted molar refractivity (Wildman–Crippen MR) is 55.6 cm³/mol. The maximum atomic E-state index is 6.27. The lowest BCUT2D eigenvalue weighted by Gasteiger charge is -2.32. The largest absolute Gasteiger partial charge is 0.122 e. The molecular formula is C11H17Cl. The normalized spacial score (nSPS) is 31.5. The monoisotopic (exact) mass is 184 g/mol. The summed E-state index contributed by atoms with van der Waals surface area (Å²) >= 11 is 6.27. The van der Waals surface area contributed by atoms with Gasteiger partial charge in [0.2, 0.25) is 0 Å². The van der Waals surface area contributed by atoms with Crippen molar-refractivity contribution < 1.29 is 0 Å². The molecule has 1 heteroatoms. The maximum Gasteiger partial charge on any atom is 0.0424 e. The molecule has 0 unspecified atom stereocenters. The van der Waals surface area contributed by atoms with Crippen LogP contribution in [0.4, 0.5) is 0 Å². The van der Waals surface area contributed by atoms with Crippen molar-refractivity contribution in [3.63, 3.8) is 0 Å². The zero-order valence-electron chi connectivity index (χ0n) is 8.10. The zero-order valence-corrected chi connectivity index (χ0v) is 8.86. The zero-order chi connectivity index (χ0) is 9.19. The van der Waals surface area contributed by atoms with Gasteiger partial charge >= 0.3 is 0 Å². The van der Waals surface area contributed by atoms with Gasteiger partial charge in [0.15, 0.2) is 0 Å². The van der Waals surface area contributed by atoms with Gasteiger partial charge in [0, 0.05) is 10.8 Å². The third kappa shape index (κ3) is 1.92. The Hall–Kier alpha value is -0.230. The second-order valence-electron chi connectivity index (χ2n) is 3.93. The summed E-state index contributed by atoms with van der Waals surface area (Å²) in [6.07, 6.45) is 8.67. The van der Waals surface area contributed by atoms with Gasteiger partial charge in [-0.15, -0.1) is 11.6 Å². The fourth-order valence-electron chi connectivity index (χ4n) is 1.83. The minimum Gasteiger partial charge on any atom is -0.122 e. The molecule has 0 radical (unpaired) electrons. The van der Waals surface area contributed by atoms with Crippen LogP contribution in [0.2, 0.25) is 0 Å². The van der Waals surface area contributed by atoms with Gasteiger partial charge in [0.25, 0.3) is 0 Å². The summed E-state index contributed by atoms with van der Waals surface area (Å²) in [5.74, 6) is 0. The highest BCUT2D eigenvalue weighted by Gasteiger charge is 2.30. The van der Waals surface area contributed by atoms with E-state index in [1.165, 1.54) is 5.57 Å². The number of rotatable bonds is 2. The number of hydrogen-bond acceptors (Lipinski definition) is 0. The van der Waals surface area contributed by atoms with Gasteiger partial charge in [-0.1, -0.05) is 37.6 Å². The van der Waals surface area contributed by atoms with E-state index in [0.29, 0.717) is 0 Å². The van der Waals surface area contributed by atoms with E-state index >= 15 is 0 Å². The summed E-state index contributed by atoms with van der Waals surface area (Å²) in [5.41, 5.74) is 1.61. The summed E-state index contributed by atoms with van der Waals surface area (Å²) in [6, 6.07) is 0.